The molecule has 0 bridgehead atoms. The van der Waals surface area contributed by atoms with Gasteiger partial charge in [0, 0.05) is 29.8 Å². The van der Waals surface area contributed by atoms with Gasteiger partial charge < -0.3 is 5.32 Å². The molecule has 7 nitrogen and oxygen atoms in total. The minimum Gasteiger partial charge on any atom is -0.321 e. The molecule has 0 radical (unpaired) electrons. The Hall–Kier alpha value is -3.74. The molecule has 3 aromatic heterocycles. The number of carbonyl (C=O) groups is 1. The number of rotatable bonds is 4. The quantitative estimate of drug-likeness (QED) is 0.602. The molecule has 4 rings (SSSR count). The van der Waals surface area contributed by atoms with Gasteiger partial charge in [0.1, 0.15) is 5.69 Å². The maximum atomic E-state index is 12.5. The van der Waals surface area contributed by atoms with E-state index >= 15 is 0 Å². The van der Waals surface area contributed by atoms with Gasteiger partial charge in [0.25, 0.3) is 5.91 Å². The first-order valence-electron chi connectivity index (χ1n) is 7.68. The summed E-state index contributed by atoms with van der Waals surface area (Å²) in [5, 5.41) is 13.8. The van der Waals surface area contributed by atoms with Crippen molar-refractivity contribution in [1.29, 1.82) is 0 Å². The third-order valence-electron chi connectivity index (χ3n) is 3.64. The van der Waals surface area contributed by atoms with Crippen LogP contribution in [-0.4, -0.2) is 30.9 Å². The van der Waals surface area contributed by atoms with E-state index in [2.05, 4.69) is 25.6 Å². The van der Waals surface area contributed by atoms with Gasteiger partial charge in [0.15, 0.2) is 5.82 Å². The lowest BCUT2D eigenvalue weighted by atomic mass is 10.1. The second-order valence-corrected chi connectivity index (χ2v) is 5.34. The number of aromatic amines is 1. The van der Waals surface area contributed by atoms with Crippen LogP contribution >= 0.6 is 0 Å². The summed E-state index contributed by atoms with van der Waals surface area (Å²) < 4.78 is 1.61. The Bertz CT molecular complexity index is 992. The molecular weight excluding hydrogens is 316 g/mol. The smallest absolute Gasteiger partial charge is 0.274 e. The van der Waals surface area contributed by atoms with E-state index in [1.165, 1.54) is 0 Å². The van der Waals surface area contributed by atoms with Crippen molar-refractivity contribution in [1.82, 2.24) is 25.0 Å². The molecule has 0 aliphatic carbocycles. The lowest BCUT2D eigenvalue weighted by molar-refractivity contribution is 0.102. The highest BCUT2D eigenvalue weighted by Gasteiger charge is 2.10. The van der Waals surface area contributed by atoms with Gasteiger partial charge in [-0.2, -0.15) is 10.2 Å². The Labute approximate surface area is 143 Å². The summed E-state index contributed by atoms with van der Waals surface area (Å²) in [6, 6.07) is 16.4. The number of nitrogens with one attached hydrogen (secondary N) is 2. The average Bonchev–Trinajstić information content (AvgIpc) is 3.36. The highest BCUT2D eigenvalue weighted by Crippen LogP contribution is 2.20. The van der Waals surface area contributed by atoms with E-state index in [1.54, 1.807) is 47.5 Å². The van der Waals surface area contributed by atoms with Crippen molar-refractivity contribution in [3.63, 3.8) is 0 Å². The predicted molar refractivity (Wildman–Crippen MR) is 93.3 cm³/mol. The second kappa shape index (κ2) is 6.40. The van der Waals surface area contributed by atoms with Gasteiger partial charge in [0.05, 0.1) is 5.69 Å². The van der Waals surface area contributed by atoms with Crippen molar-refractivity contribution in [2.75, 3.05) is 5.32 Å². The number of carbonyl (C=O) groups excluding carboxylic acids is 1. The van der Waals surface area contributed by atoms with E-state index in [-0.39, 0.29) is 5.91 Å². The molecule has 0 unspecified atom stereocenters. The van der Waals surface area contributed by atoms with Gasteiger partial charge in [-0.3, -0.25) is 9.89 Å². The summed E-state index contributed by atoms with van der Waals surface area (Å²) in [7, 11) is 0. The maximum Gasteiger partial charge on any atom is 0.274 e. The number of H-pyrrole nitrogens is 1. The third-order valence-corrected chi connectivity index (χ3v) is 3.64. The van der Waals surface area contributed by atoms with E-state index in [0.717, 1.165) is 11.3 Å². The SMILES string of the molecule is O=C(Nc1cccc(-c2ccn[nH]2)c1)c1cccc(-n2cccn2)n1. The highest BCUT2D eigenvalue weighted by atomic mass is 16.1. The molecule has 0 atom stereocenters. The minimum absolute atomic E-state index is 0.282. The first-order valence-corrected chi connectivity index (χ1v) is 7.68. The molecule has 1 amide bonds. The molecule has 122 valence electrons. The van der Waals surface area contributed by atoms with Crippen LogP contribution < -0.4 is 5.32 Å². The molecule has 25 heavy (non-hydrogen) atoms. The molecule has 3 heterocycles. The normalized spacial score (nSPS) is 10.6. The van der Waals surface area contributed by atoms with Crippen LogP contribution in [0, 0.1) is 0 Å². The van der Waals surface area contributed by atoms with Gasteiger partial charge in [-0.15, -0.1) is 0 Å². The number of pyridine rings is 1. The fourth-order valence-electron chi connectivity index (χ4n) is 2.46. The molecule has 2 N–H and O–H groups in total. The summed E-state index contributed by atoms with van der Waals surface area (Å²) in [6.45, 7) is 0. The number of amides is 1. The zero-order chi connectivity index (χ0) is 17.1. The predicted octanol–water partition coefficient (Wildman–Crippen LogP) is 2.91. The molecule has 0 saturated heterocycles. The van der Waals surface area contributed by atoms with Crippen LogP contribution in [0.3, 0.4) is 0 Å². The average molecular weight is 330 g/mol. The van der Waals surface area contributed by atoms with Gasteiger partial charge in [-0.05, 0) is 36.4 Å². The number of nitrogens with zero attached hydrogens (tertiary/aromatic N) is 4. The molecule has 0 aliphatic rings. The van der Waals surface area contributed by atoms with Crippen LogP contribution in [-0.2, 0) is 0 Å². The van der Waals surface area contributed by atoms with Crippen molar-refractivity contribution in [2.24, 2.45) is 0 Å². The van der Waals surface area contributed by atoms with E-state index < -0.39 is 0 Å². The summed E-state index contributed by atoms with van der Waals surface area (Å²) in [6.07, 6.45) is 5.12. The Kier molecular flexibility index (Phi) is 3.80. The first-order chi connectivity index (χ1) is 12.3. The lowest BCUT2D eigenvalue weighted by Crippen LogP contribution is -2.14. The van der Waals surface area contributed by atoms with Gasteiger partial charge in [-0.1, -0.05) is 18.2 Å². The fraction of sp³-hybridized carbons (Fsp3) is 0. The van der Waals surface area contributed by atoms with Crippen molar-refractivity contribution >= 4 is 11.6 Å². The molecule has 7 heteroatoms. The molecule has 4 aromatic rings. The molecule has 0 spiro atoms. The molecule has 0 saturated carbocycles. The van der Waals surface area contributed by atoms with Crippen LogP contribution in [0.25, 0.3) is 17.1 Å². The van der Waals surface area contributed by atoms with Gasteiger partial charge in [0.2, 0.25) is 0 Å². The Morgan fingerprint density at radius 2 is 1.96 bits per heavy atom. The van der Waals surface area contributed by atoms with Crippen LogP contribution in [0.1, 0.15) is 10.5 Å². The number of anilines is 1. The maximum absolute atomic E-state index is 12.5. The van der Waals surface area contributed by atoms with E-state index in [9.17, 15) is 4.79 Å². The minimum atomic E-state index is -0.282. The van der Waals surface area contributed by atoms with Gasteiger partial charge in [-0.25, -0.2) is 9.67 Å². The summed E-state index contributed by atoms with van der Waals surface area (Å²) in [5.41, 5.74) is 2.83. The summed E-state index contributed by atoms with van der Waals surface area (Å²) >= 11 is 0. The van der Waals surface area contributed by atoms with Crippen LogP contribution in [0.15, 0.2) is 73.2 Å². The lowest BCUT2D eigenvalue weighted by Gasteiger charge is -2.07. The third kappa shape index (κ3) is 3.16. The first kappa shape index (κ1) is 14.8. The van der Waals surface area contributed by atoms with E-state index in [1.807, 2.05) is 30.3 Å². The second-order valence-electron chi connectivity index (χ2n) is 5.34. The monoisotopic (exact) mass is 330 g/mol. The summed E-state index contributed by atoms with van der Waals surface area (Å²) in [4.78, 5) is 16.9. The zero-order valence-electron chi connectivity index (χ0n) is 13.1. The Morgan fingerprint density at radius 3 is 2.76 bits per heavy atom. The zero-order valence-corrected chi connectivity index (χ0v) is 13.1. The van der Waals surface area contributed by atoms with E-state index in [4.69, 9.17) is 0 Å². The van der Waals surface area contributed by atoms with Crippen molar-refractivity contribution in [3.8, 4) is 17.1 Å². The van der Waals surface area contributed by atoms with E-state index in [0.29, 0.717) is 17.2 Å². The Morgan fingerprint density at radius 1 is 1.04 bits per heavy atom. The van der Waals surface area contributed by atoms with Crippen molar-refractivity contribution in [3.05, 3.63) is 78.9 Å². The number of hydrogen-bond acceptors (Lipinski definition) is 4. The molecular formula is C18H14N6O. The molecule has 1 aromatic carbocycles. The van der Waals surface area contributed by atoms with Crippen molar-refractivity contribution < 1.29 is 4.79 Å². The number of benzene rings is 1. The fourth-order valence-corrected chi connectivity index (χ4v) is 2.46. The van der Waals surface area contributed by atoms with Crippen LogP contribution in [0.4, 0.5) is 5.69 Å². The summed E-state index contributed by atoms with van der Waals surface area (Å²) in [5.74, 6) is 0.305. The molecule has 0 fully saturated rings. The largest absolute Gasteiger partial charge is 0.321 e. The highest BCUT2D eigenvalue weighted by molar-refractivity contribution is 6.03. The molecule has 0 aliphatic heterocycles. The standard InChI is InChI=1S/C18H14N6O/c25-18(16-6-2-7-17(22-16)24-11-3-9-20-24)21-14-5-1-4-13(12-14)15-8-10-19-23-15/h1-12H,(H,19,23)(H,21,25). The number of aromatic nitrogens is 5. The van der Waals surface area contributed by atoms with Crippen molar-refractivity contribution in [2.45, 2.75) is 0 Å². The Balaban J connectivity index is 1.57. The van der Waals surface area contributed by atoms with Gasteiger partial charge >= 0.3 is 0 Å². The number of hydrogen-bond donors (Lipinski definition) is 2. The van der Waals surface area contributed by atoms with Crippen LogP contribution in [0.5, 0.6) is 0 Å². The topological polar surface area (TPSA) is 88.5 Å². The van der Waals surface area contributed by atoms with Crippen LogP contribution in [0.2, 0.25) is 0 Å².